The van der Waals surface area contributed by atoms with E-state index >= 15 is 0 Å². The molecular formula is C19H29N3O3S2. The fourth-order valence-electron chi connectivity index (χ4n) is 2.90. The number of benzene rings is 1. The molecule has 27 heavy (non-hydrogen) atoms. The molecule has 0 unspecified atom stereocenters. The van der Waals surface area contributed by atoms with Crippen LogP contribution in [0.15, 0.2) is 29.2 Å². The van der Waals surface area contributed by atoms with Crippen LogP contribution in [-0.4, -0.2) is 54.8 Å². The Kier molecular flexibility index (Phi) is 7.76. The minimum atomic E-state index is -3.53. The molecule has 1 aliphatic rings. The summed E-state index contributed by atoms with van der Waals surface area (Å²) in [5.41, 5.74) is 0.388. The van der Waals surface area contributed by atoms with Crippen LogP contribution in [0.25, 0.3) is 0 Å². The van der Waals surface area contributed by atoms with Gasteiger partial charge in [-0.25, -0.2) is 8.42 Å². The Hall–Kier alpha value is -1.51. The van der Waals surface area contributed by atoms with Gasteiger partial charge in [-0.2, -0.15) is 4.31 Å². The van der Waals surface area contributed by atoms with Gasteiger partial charge in [0.1, 0.15) is 0 Å². The highest BCUT2D eigenvalue weighted by molar-refractivity contribution is 7.89. The first-order chi connectivity index (χ1) is 12.8. The van der Waals surface area contributed by atoms with Gasteiger partial charge in [-0.05, 0) is 61.7 Å². The quantitative estimate of drug-likeness (QED) is 0.633. The standard InChI is InChI=1S/C19H29N3O3S2/c1-4-13-21(14-15-7-8-15)19(26)20-18(23)16-9-11-17(12-10-16)27(24,25)22(5-2)6-3/h9-12,15H,4-8,13-14H2,1-3H3,(H,20,23,26). The molecule has 1 saturated carbocycles. The Morgan fingerprint density at radius 2 is 1.74 bits per heavy atom. The van der Waals surface area contributed by atoms with E-state index in [0.717, 1.165) is 19.5 Å². The zero-order chi connectivity index (χ0) is 20.0. The van der Waals surface area contributed by atoms with Crippen LogP contribution < -0.4 is 5.32 Å². The van der Waals surface area contributed by atoms with Gasteiger partial charge in [-0.3, -0.25) is 10.1 Å². The normalized spacial score (nSPS) is 14.2. The second-order valence-corrected chi connectivity index (χ2v) is 9.09. The van der Waals surface area contributed by atoms with Crippen LogP contribution in [0.1, 0.15) is 50.4 Å². The van der Waals surface area contributed by atoms with Crippen LogP contribution in [0.5, 0.6) is 0 Å². The van der Waals surface area contributed by atoms with Crippen molar-refractivity contribution in [2.75, 3.05) is 26.2 Å². The van der Waals surface area contributed by atoms with Crippen LogP contribution in [0.4, 0.5) is 0 Å². The Balaban J connectivity index is 2.05. The van der Waals surface area contributed by atoms with Gasteiger partial charge in [-0.15, -0.1) is 0 Å². The molecule has 0 saturated heterocycles. The first-order valence-corrected chi connectivity index (χ1v) is 11.4. The number of nitrogens with one attached hydrogen (secondary N) is 1. The lowest BCUT2D eigenvalue weighted by Gasteiger charge is -2.25. The fraction of sp³-hybridized carbons (Fsp3) is 0.579. The molecule has 8 heteroatoms. The van der Waals surface area contributed by atoms with Crippen molar-refractivity contribution in [2.24, 2.45) is 5.92 Å². The van der Waals surface area contributed by atoms with E-state index in [-0.39, 0.29) is 10.8 Å². The summed E-state index contributed by atoms with van der Waals surface area (Å²) < 4.78 is 26.4. The van der Waals surface area contributed by atoms with E-state index in [1.807, 2.05) is 4.90 Å². The average Bonchev–Trinajstić information content (AvgIpc) is 3.46. The van der Waals surface area contributed by atoms with Crippen molar-refractivity contribution in [1.29, 1.82) is 0 Å². The molecule has 0 aliphatic heterocycles. The van der Waals surface area contributed by atoms with Crippen molar-refractivity contribution in [3.63, 3.8) is 0 Å². The SMILES string of the molecule is CCCN(CC1CC1)C(=S)NC(=O)c1ccc(S(=O)(=O)N(CC)CC)cc1. The lowest BCUT2D eigenvalue weighted by Crippen LogP contribution is -2.44. The van der Waals surface area contributed by atoms with E-state index in [2.05, 4.69) is 12.2 Å². The molecule has 1 N–H and O–H groups in total. The summed E-state index contributed by atoms with van der Waals surface area (Å²) in [4.78, 5) is 14.7. The fourth-order valence-corrected chi connectivity index (χ4v) is 4.61. The second kappa shape index (κ2) is 9.61. The van der Waals surface area contributed by atoms with Crippen molar-refractivity contribution in [2.45, 2.75) is 44.9 Å². The van der Waals surface area contributed by atoms with Crippen LogP contribution in [0.2, 0.25) is 0 Å². The van der Waals surface area contributed by atoms with Crippen LogP contribution >= 0.6 is 12.2 Å². The summed E-state index contributed by atoms with van der Waals surface area (Å²) >= 11 is 5.41. The number of hydrogen-bond acceptors (Lipinski definition) is 4. The molecule has 1 aromatic carbocycles. The Bertz CT molecular complexity index is 755. The molecule has 0 aromatic heterocycles. The first kappa shape index (κ1) is 21.8. The van der Waals surface area contributed by atoms with Crippen molar-refractivity contribution in [3.05, 3.63) is 29.8 Å². The van der Waals surface area contributed by atoms with Gasteiger partial charge in [0.25, 0.3) is 5.91 Å². The molecule has 150 valence electrons. The predicted octanol–water partition coefficient (Wildman–Crippen LogP) is 2.85. The summed E-state index contributed by atoms with van der Waals surface area (Å²) in [6.45, 7) is 8.19. The number of sulfonamides is 1. The number of thiocarbonyl (C=S) groups is 1. The zero-order valence-corrected chi connectivity index (χ0v) is 17.9. The van der Waals surface area contributed by atoms with Crippen LogP contribution in [-0.2, 0) is 10.0 Å². The first-order valence-electron chi connectivity index (χ1n) is 9.53. The van der Waals surface area contributed by atoms with Gasteiger partial charge in [0, 0.05) is 31.7 Å². The average molecular weight is 412 g/mol. The molecule has 1 aliphatic carbocycles. The summed E-state index contributed by atoms with van der Waals surface area (Å²) in [5.74, 6) is 0.361. The highest BCUT2D eigenvalue weighted by Crippen LogP contribution is 2.29. The number of nitrogens with zero attached hydrogens (tertiary/aromatic N) is 2. The highest BCUT2D eigenvalue weighted by Gasteiger charge is 2.26. The largest absolute Gasteiger partial charge is 0.349 e. The van der Waals surface area contributed by atoms with Gasteiger partial charge in [-0.1, -0.05) is 20.8 Å². The van der Waals surface area contributed by atoms with E-state index in [9.17, 15) is 13.2 Å². The summed E-state index contributed by atoms with van der Waals surface area (Å²) in [7, 11) is -3.53. The zero-order valence-electron chi connectivity index (χ0n) is 16.3. The van der Waals surface area contributed by atoms with Crippen molar-refractivity contribution < 1.29 is 13.2 Å². The summed E-state index contributed by atoms with van der Waals surface area (Å²) in [6.07, 6.45) is 3.40. The van der Waals surface area contributed by atoms with Crippen molar-refractivity contribution >= 4 is 33.3 Å². The molecule has 0 spiro atoms. The lowest BCUT2D eigenvalue weighted by atomic mass is 10.2. The number of carbonyl (C=O) groups excluding carboxylic acids is 1. The lowest BCUT2D eigenvalue weighted by molar-refractivity contribution is 0.0973. The van der Waals surface area contributed by atoms with Gasteiger partial charge < -0.3 is 4.90 Å². The number of carbonyl (C=O) groups is 1. The van der Waals surface area contributed by atoms with E-state index in [0.29, 0.717) is 29.7 Å². The number of hydrogen-bond donors (Lipinski definition) is 1. The monoisotopic (exact) mass is 411 g/mol. The molecule has 1 fully saturated rings. The third-order valence-corrected chi connectivity index (χ3v) is 7.06. The Morgan fingerprint density at radius 1 is 1.15 bits per heavy atom. The van der Waals surface area contributed by atoms with Gasteiger partial charge >= 0.3 is 0 Å². The number of rotatable bonds is 9. The predicted molar refractivity (Wildman–Crippen MR) is 111 cm³/mol. The number of amides is 1. The summed E-state index contributed by atoms with van der Waals surface area (Å²) in [5, 5.41) is 3.21. The van der Waals surface area contributed by atoms with Crippen molar-refractivity contribution in [3.8, 4) is 0 Å². The maximum Gasteiger partial charge on any atom is 0.257 e. The van der Waals surface area contributed by atoms with Crippen LogP contribution in [0.3, 0.4) is 0 Å². The Morgan fingerprint density at radius 3 is 2.22 bits per heavy atom. The second-order valence-electron chi connectivity index (χ2n) is 6.76. The van der Waals surface area contributed by atoms with Gasteiger partial charge in [0.15, 0.2) is 5.11 Å². The molecule has 0 radical (unpaired) electrons. The Labute approximate surface area is 168 Å². The van der Waals surface area contributed by atoms with E-state index in [4.69, 9.17) is 12.2 Å². The molecule has 0 heterocycles. The van der Waals surface area contributed by atoms with Gasteiger partial charge in [0.05, 0.1) is 4.90 Å². The van der Waals surface area contributed by atoms with E-state index in [1.54, 1.807) is 13.8 Å². The van der Waals surface area contributed by atoms with E-state index < -0.39 is 10.0 Å². The third-order valence-electron chi connectivity index (χ3n) is 4.64. The molecule has 2 rings (SSSR count). The minimum absolute atomic E-state index is 0.187. The molecule has 0 atom stereocenters. The molecule has 1 aromatic rings. The highest BCUT2D eigenvalue weighted by atomic mass is 32.2. The van der Waals surface area contributed by atoms with E-state index in [1.165, 1.54) is 41.4 Å². The van der Waals surface area contributed by atoms with Gasteiger partial charge in [0.2, 0.25) is 10.0 Å². The van der Waals surface area contributed by atoms with Crippen molar-refractivity contribution in [1.82, 2.24) is 14.5 Å². The molecule has 1 amide bonds. The molecule has 0 bridgehead atoms. The smallest absolute Gasteiger partial charge is 0.257 e. The topological polar surface area (TPSA) is 69.7 Å². The van der Waals surface area contributed by atoms with Crippen LogP contribution in [0, 0.1) is 5.92 Å². The maximum atomic E-state index is 12.5. The minimum Gasteiger partial charge on any atom is -0.349 e. The third kappa shape index (κ3) is 5.73. The molecule has 6 nitrogen and oxygen atoms in total. The maximum absolute atomic E-state index is 12.5. The molecular weight excluding hydrogens is 382 g/mol. The summed E-state index contributed by atoms with van der Waals surface area (Å²) in [6, 6.07) is 6.00.